The van der Waals surface area contributed by atoms with E-state index in [-0.39, 0.29) is 16.4 Å². The lowest BCUT2D eigenvalue weighted by Crippen LogP contribution is -2.42. The Hall–Kier alpha value is -1.53. The maximum absolute atomic E-state index is 12.2. The fraction of sp³-hybridized carbons (Fsp3) is 0.647. The Kier molecular flexibility index (Phi) is 5.93. The first-order valence-electron chi connectivity index (χ1n) is 8.34. The molecule has 0 atom stereocenters. The maximum Gasteiger partial charge on any atom is 0.262 e. The van der Waals surface area contributed by atoms with Crippen LogP contribution in [0.1, 0.15) is 44.0 Å². The van der Waals surface area contributed by atoms with E-state index in [1.165, 1.54) is 6.07 Å². The van der Waals surface area contributed by atoms with Crippen LogP contribution in [0.15, 0.2) is 10.9 Å². The minimum Gasteiger partial charge on any atom is -0.384 e. The second-order valence-corrected chi connectivity index (χ2v) is 8.17. The molecule has 1 amide bonds. The van der Waals surface area contributed by atoms with Gasteiger partial charge in [0.25, 0.3) is 11.5 Å². The SMILES string of the molecule is CC(C)(C)CN1CCC(CNC(=O)c2cc(Cl)c(N)[nH]c2=O)CC1. The molecule has 1 aliphatic heterocycles. The molecule has 0 saturated carbocycles. The minimum atomic E-state index is -0.519. The highest BCUT2D eigenvalue weighted by atomic mass is 35.5. The van der Waals surface area contributed by atoms with Crippen molar-refractivity contribution in [3.05, 3.63) is 27.0 Å². The fourth-order valence-electron chi connectivity index (χ4n) is 3.04. The third-order valence-electron chi connectivity index (χ3n) is 4.22. The molecule has 1 aliphatic rings. The zero-order chi connectivity index (χ0) is 17.9. The summed E-state index contributed by atoms with van der Waals surface area (Å²) in [6.07, 6.45) is 2.10. The first-order chi connectivity index (χ1) is 11.2. The Labute approximate surface area is 147 Å². The molecule has 0 aliphatic carbocycles. The molecule has 7 heteroatoms. The van der Waals surface area contributed by atoms with E-state index >= 15 is 0 Å². The highest BCUT2D eigenvalue weighted by Crippen LogP contribution is 2.22. The zero-order valence-electron chi connectivity index (χ0n) is 14.6. The highest BCUT2D eigenvalue weighted by molar-refractivity contribution is 6.33. The smallest absolute Gasteiger partial charge is 0.262 e. The van der Waals surface area contributed by atoms with E-state index < -0.39 is 11.5 Å². The van der Waals surface area contributed by atoms with Crippen molar-refractivity contribution in [2.75, 3.05) is 31.9 Å². The molecule has 0 bridgehead atoms. The number of aromatic amines is 1. The summed E-state index contributed by atoms with van der Waals surface area (Å²) in [5.74, 6) is 0.105. The van der Waals surface area contributed by atoms with Crippen LogP contribution in [-0.2, 0) is 0 Å². The number of nitrogens with one attached hydrogen (secondary N) is 2. The highest BCUT2D eigenvalue weighted by Gasteiger charge is 2.23. The minimum absolute atomic E-state index is 0.000585. The van der Waals surface area contributed by atoms with Gasteiger partial charge >= 0.3 is 0 Å². The number of nitrogens with zero attached hydrogens (tertiary/aromatic N) is 1. The topological polar surface area (TPSA) is 91.2 Å². The van der Waals surface area contributed by atoms with Crippen LogP contribution in [0, 0.1) is 11.3 Å². The van der Waals surface area contributed by atoms with Crippen LogP contribution in [0.25, 0.3) is 0 Å². The number of amides is 1. The van der Waals surface area contributed by atoms with Crippen molar-refractivity contribution in [2.24, 2.45) is 11.3 Å². The van der Waals surface area contributed by atoms with E-state index in [4.69, 9.17) is 17.3 Å². The summed E-state index contributed by atoms with van der Waals surface area (Å²) in [4.78, 5) is 28.8. The van der Waals surface area contributed by atoms with Crippen LogP contribution in [0.5, 0.6) is 0 Å². The van der Waals surface area contributed by atoms with E-state index in [2.05, 4.69) is 36.0 Å². The summed E-state index contributed by atoms with van der Waals surface area (Å²) >= 11 is 5.87. The van der Waals surface area contributed by atoms with Crippen LogP contribution >= 0.6 is 11.6 Å². The van der Waals surface area contributed by atoms with Gasteiger partial charge in [0.05, 0.1) is 5.02 Å². The molecule has 2 rings (SSSR count). The van der Waals surface area contributed by atoms with Gasteiger partial charge in [-0.25, -0.2) is 0 Å². The standard InChI is InChI=1S/C17H27ClN4O2/c1-17(2,3)10-22-6-4-11(5-7-22)9-20-15(23)12-8-13(18)14(19)21-16(12)24/h8,11H,4-7,9-10H2,1-3H3,(H,20,23)(H3,19,21,24). The Morgan fingerprint density at radius 1 is 1.42 bits per heavy atom. The van der Waals surface area contributed by atoms with E-state index in [1.807, 2.05) is 0 Å². The average Bonchev–Trinajstić information content (AvgIpc) is 2.48. The third kappa shape index (κ3) is 5.24. The van der Waals surface area contributed by atoms with Crippen LogP contribution in [-0.4, -0.2) is 42.0 Å². The summed E-state index contributed by atoms with van der Waals surface area (Å²) in [5.41, 5.74) is 5.30. The molecule has 0 radical (unpaired) electrons. The first-order valence-corrected chi connectivity index (χ1v) is 8.72. The number of carbonyl (C=O) groups is 1. The molecule has 134 valence electrons. The van der Waals surface area contributed by atoms with Gasteiger partial charge in [-0.1, -0.05) is 32.4 Å². The van der Waals surface area contributed by atoms with Gasteiger partial charge in [0, 0.05) is 13.1 Å². The van der Waals surface area contributed by atoms with Crippen molar-refractivity contribution in [2.45, 2.75) is 33.6 Å². The van der Waals surface area contributed by atoms with Gasteiger partial charge in [0.1, 0.15) is 11.4 Å². The number of pyridine rings is 1. The fourth-order valence-corrected chi connectivity index (χ4v) is 3.20. The number of carbonyl (C=O) groups excluding carboxylic acids is 1. The van der Waals surface area contributed by atoms with Gasteiger partial charge in [0.15, 0.2) is 0 Å². The number of hydrogen-bond donors (Lipinski definition) is 3. The molecule has 1 aromatic heterocycles. The quantitative estimate of drug-likeness (QED) is 0.772. The summed E-state index contributed by atoms with van der Waals surface area (Å²) in [5, 5.41) is 3.02. The van der Waals surface area contributed by atoms with E-state index in [9.17, 15) is 9.59 Å². The summed E-state index contributed by atoms with van der Waals surface area (Å²) in [6.45, 7) is 10.5. The van der Waals surface area contributed by atoms with E-state index in [1.54, 1.807) is 0 Å². The van der Waals surface area contributed by atoms with Crippen LogP contribution in [0.2, 0.25) is 5.02 Å². The van der Waals surface area contributed by atoms with Crippen LogP contribution in [0.3, 0.4) is 0 Å². The molecule has 4 N–H and O–H groups in total. The van der Waals surface area contributed by atoms with Crippen molar-refractivity contribution < 1.29 is 4.79 Å². The number of anilines is 1. The van der Waals surface area contributed by atoms with E-state index in [0.717, 1.165) is 32.5 Å². The normalized spacial score (nSPS) is 17.0. The second kappa shape index (κ2) is 7.57. The van der Waals surface area contributed by atoms with Gasteiger partial charge in [-0.3, -0.25) is 9.59 Å². The number of nitrogens with two attached hydrogens (primary N) is 1. The predicted octanol–water partition coefficient (Wildman–Crippen LogP) is 2.10. The van der Waals surface area contributed by atoms with Crippen LogP contribution < -0.4 is 16.6 Å². The number of halogens is 1. The van der Waals surface area contributed by atoms with E-state index in [0.29, 0.717) is 17.9 Å². The molecule has 2 heterocycles. The molecular formula is C17H27ClN4O2. The molecule has 0 unspecified atom stereocenters. The molecule has 6 nitrogen and oxygen atoms in total. The largest absolute Gasteiger partial charge is 0.384 e. The summed E-state index contributed by atoms with van der Waals surface area (Å²) < 4.78 is 0. The molecule has 1 fully saturated rings. The number of H-pyrrole nitrogens is 1. The Bertz CT molecular complexity index is 643. The van der Waals surface area contributed by atoms with Crippen LogP contribution in [0.4, 0.5) is 5.82 Å². The van der Waals surface area contributed by atoms with Crippen molar-refractivity contribution in [1.82, 2.24) is 15.2 Å². The van der Waals surface area contributed by atoms with Crippen molar-refractivity contribution in [3.63, 3.8) is 0 Å². The number of aromatic nitrogens is 1. The second-order valence-electron chi connectivity index (χ2n) is 7.76. The Morgan fingerprint density at radius 3 is 2.62 bits per heavy atom. The molecule has 0 aromatic carbocycles. The van der Waals surface area contributed by atoms with Gasteiger partial charge in [-0.2, -0.15) is 0 Å². The van der Waals surface area contributed by atoms with Crippen molar-refractivity contribution in [3.8, 4) is 0 Å². The molecule has 24 heavy (non-hydrogen) atoms. The predicted molar refractivity (Wildman–Crippen MR) is 97.4 cm³/mol. The van der Waals surface area contributed by atoms with Gasteiger partial charge < -0.3 is 20.9 Å². The lowest BCUT2D eigenvalue weighted by Gasteiger charge is -2.36. The lowest BCUT2D eigenvalue weighted by atomic mass is 9.92. The van der Waals surface area contributed by atoms with Gasteiger partial charge in [-0.05, 0) is 43.3 Å². The monoisotopic (exact) mass is 354 g/mol. The number of nitrogen functional groups attached to an aromatic ring is 1. The molecule has 1 saturated heterocycles. The first kappa shape index (κ1) is 18.8. The van der Waals surface area contributed by atoms with Gasteiger partial charge in [0.2, 0.25) is 0 Å². The molecular weight excluding hydrogens is 328 g/mol. The number of hydrogen-bond acceptors (Lipinski definition) is 4. The number of piperidine rings is 1. The summed E-state index contributed by atoms with van der Waals surface area (Å²) in [6, 6.07) is 1.32. The number of rotatable bonds is 4. The molecule has 1 aromatic rings. The molecule has 0 spiro atoms. The van der Waals surface area contributed by atoms with Crippen molar-refractivity contribution >= 4 is 23.3 Å². The average molecular weight is 355 g/mol. The lowest BCUT2D eigenvalue weighted by molar-refractivity contribution is 0.0927. The number of likely N-dealkylation sites (tertiary alicyclic amines) is 1. The zero-order valence-corrected chi connectivity index (χ0v) is 15.4. The maximum atomic E-state index is 12.2. The van der Waals surface area contributed by atoms with Gasteiger partial charge in [-0.15, -0.1) is 0 Å². The third-order valence-corrected chi connectivity index (χ3v) is 4.53. The Morgan fingerprint density at radius 2 is 2.04 bits per heavy atom. The summed E-state index contributed by atoms with van der Waals surface area (Å²) in [7, 11) is 0. The Balaban J connectivity index is 1.84. The van der Waals surface area contributed by atoms with Crippen molar-refractivity contribution in [1.29, 1.82) is 0 Å².